The fraction of sp³-hybridized carbons (Fsp3) is 0.250. The van der Waals surface area contributed by atoms with Crippen molar-refractivity contribution >= 4 is 16.7 Å². The van der Waals surface area contributed by atoms with Gasteiger partial charge in [-0.05, 0) is 30.2 Å². The molecule has 1 amide bonds. The summed E-state index contributed by atoms with van der Waals surface area (Å²) in [5.74, 6) is -0.175. The van der Waals surface area contributed by atoms with E-state index in [1.165, 1.54) is 0 Å². The summed E-state index contributed by atoms with van der Waals surface area (Å²) in [5, 5.41) is 23.5. The van der Waals surface area contributed by atoms with Gasteiger partial charge >= 0.3 is 0 Å². The summed E-state index contributed by atoms with van der Waals surface area (Å²) in [6, 6.07) is 12.4. The highest BCUT2D eigenvalue weighted by Crippen LogP contribution is 2.33. The van der Waals surface area contributed by atoms with Crippen molar-refractivity contribution in [2.75, 3.05) is 0 Å². The van der Waals surface area contributed by atoms with Gasteiger partial charge in [0.1, 0.15) is 11.8 Å². The monoisotopic (exact) mass is 266 g/mol. The van der Waals surface area contributed by atoms with Gasteiger partial charge in [-0.15, -0.1) is 0 Å². The number of phenols is 1. The Morgan fingerprint density at radius 1 is 1.30 bits per heavy atom. The lowest BCUT2D eigenvalue weighted by Gasteiger charge is -2.12. The predicted octanol–water partition coefficient (Wildman–Crippen LogP) is 2.58. The first-order chi connectivity index (χ1) is 9.70. The maximum absolute atomic E-state index is 12.2. The highest BCUT2D eigenvalue weighted by Gasteiger charge is 2.32. The largest absolute Gasteiger partial charge is 0.506 e. The van der Waals surface area contributed by atoms with Crippen LogP contribution < -0.4 is 5.32 Å². The molecule has 2 N–H and O–H groups in total. The second-order valence-electron chi connectivity index (χ2n) is 5.10. The lowest BCUT2D eigenvalue weighted by molar-refractivity contribution is 0.0939. The number of hydrogen-bond donors (Lipinski definition) is 2. The van der Waals surface area contributed by atoms with Crippen molar-refractivity contribution in [3.05, 3.63) is 42.0 Å². The van der Waals surface area contributed by atoms with Gasteiger partial charge in [-0.1, -0.05) is 30.3 Å². The van der Waals surface area contributed by atoms with Gasteiger partial charge in [0.25, 0.3) is 5.91 Å². The number of phenolic OH excluding ortho intramolecular Hbond substituents is 1. The number of carbonyl (C=O) groups excluding carboxylic acids is 1. The van der Waals surface area contributed by atoms with Gasteiger partial charge in [0, 0.05) is 5.39 Å². The maximum atomic E-state index is 12.2. The molecule has 1 unspecified atom stereocenters. The second-order valence-corrected chi connectivity index (χ2v) is 5.10. The summed E-state index contributed by atoms with van der Waals surface area (Å²) in [5.41, 5.74) is 0.213. The van der Waals surface area contributed by atoms with Gasteiger partial charge in [-0.25, -0.2) is 0 Å². The van der Waals surface area contributed by atoms with Gasteiger partial charge < -0.3 is 10.4 Å². The van der Waals surface area contributed by atoms with E-state index < -0.39 is 11.9 Å². The molecule has 1 atom stereocenters. The van der Waals surface area contributed by atoms with Crippen molar-refractivity contribution in [3.63, 3.8) is 0 Å². The number of nitrogens with zero attached hydrogens (tertiary/aromatic N) is 1. The van der Waals surface area contributed by atoms with Gasteiger partial charge in [-0.3, -0.25) is 4.79 Å². The summed E-state index contributed by atoms with van der Waals surface area (Å²) in [6.45, 7) is 0. The quantitative estimate of drug-likeness (QED) is 0.896. The first kappa shape index (κ1) is 12.5. The zero-order valence-electron chi connectivity index (χ0n) is 10.8. The summed E-state index contributed by atoms with van der Waals surface area (Å²) in [4.78, 5) is 12.2. The first-order valence-electron chi connectivity index (χ1n) is 6.62. The number of fused-ring (bicyclic) bond motifs is 1. The molecule has 2 aromatic rings. The van der Waals surface area contributed by atoms with Crippen molar-refractivity contribution in [2.24, 2.45) is 5.92 Å². The third-order valence-corrected chi connectivity index (χ3v) is 3.66. The normalized spacial score (nSPS) is 15.6. The van der Waals surface area contributed by atoms with Crippen molar-refractivity contribution in [1.82, 2.24) is 5.32 Å². The minimum absolute atomic E-state index is 0.0342. The Kier molecular flexibility index (Phi) is 3.03. The fourth-order valence-electron chi connectivity index (χ4n) is 2.34. The Bertz CT molecular complexity index is 714. The van der Waals surface area contributed by atoms with Crippen LogP contribution in [-0.4, -0.2) is 17.1 Å². The van der Waals surface area contributed by atoms with Crippen LogP contribution in [0.1, 0.15) is 23.2 Å². The number of nitriles is 1. The molecule has 1 aliphatic carbocycles. The van der Waals surface area contributed by atoms with Crippen LogP contribution in [0.4, 0.5) is 0 Å². The standard InChI is InChI=1S/C16H14N2O2/c17-9-14(11-5-6-11)18-16(20)13-8-7-10-3-1-2-4-12(10)15(13)19/h1-4,7-8,11,14,19H,5-6H2,(H,18,20). The van der Waals surface area contributed by atoms with Crippen LogP contribution in [0.5, 0.6) is 5.75 Å². The Morgan fingerprint density at radius 3 is 2.75 bits per heavy atom. The highest BCUT2D eigenvalue weighted by atomic mass is 16.3. The van der Waals surface area contributed by atoms with E-state index >= 15 is 0 Å². The molecular formula is C16H14N2O2. The number of benzene rings is 2. The zero-order chi connectivity index (χ0) is 14.1. The van der Waals surface area contributed by atoms with Gasteiger partial charge in [0.2, 0.25) is 0 Å². The average molecular weight is 266 g/mol. The Hall–Kier alpha value is -2.54. The molecule has 0 saturated heterocycles. The van der Waals surface area contributed by atoms with Crippen LogP contribution in [-0.2, 0) is 0 Å². The number of nitrogens with one attached hydrogen (secondary N) is 1. The lowest BCUT2D eigenvalue weighted by atomic mass is 10.0. The van der Waals surface area contributed by atoms with E-state index in [0.29, 0.717) is 5.39 Å². The third kappa shape index (κ3) is 2.19. The molecule has 4 nitrogen and oxygen atoms in total. The van der Waals surface area contributed by atoms with E-state index in [1.54, 1.807) is 18.2 Å². The molecule has 20 heavy (non-hydrogen) atoms. The molecule has 0 radical (unpaired) electrons. The van der Waals surface area contributed by atoms with E-state index in [0.717, 1.165) is 18.2 Å². The van der Waals surface area contributed by atoms with Crippen molar-refractivity contribution < 1.29 is 9.90 Å². The van der Waals surface area contributed by atoms with Crippen LogP contribution in [0.3, 0.4) is 0 Å². The van der Waals surface area contributed by atoms with E-state index in [-0.39, 0.29) is 17.2 Å². The van der Waals surface area contributed by atoms with Crippen molar-refractivity contribution in [1.29, 1.82) is 5.26 Å². The molecule has 0 spiro atoms. The molecule has 2 aromatic carbocycles. The SMILES string of the molecule is N#CC(NC(=O)c1ccc2ccccc2c1O)C1CC1. The molecule has 1 aliphatic rings. The molecule has 0 aromatic heterocycles. The van der Waals surface area contributed by atoms with Crippen LogP contribution in [0, 0.1) is 17.2 Å². The second kappa shape index (κ2) is 4.86. The fourth-order valence-corrected chi connectivity index (χ4v) is 2.34. The number of aromatic hydroxyl groups is 1. The van der Waals surface area contributed by atoms with Crippen molar-refractivity contribution in [3.8, 4) is 11.8 Å². The van der Waals surface area contributed by atoms with E-state index in [1.807, 2.05) is 18.2 Å². The number of rotatable bonds is 3. The molecule has 0 heterocycles. The summed E-state index contributed by atoms with van der Waals surface area (Å²) in [7, 11) is 0. The number of amides is 1. The summed E-state index contributed by atoms with van der Waals surface area (Å²) < 4.78 is 0. The zero-order valence-corrected chi connectivity index (χ0v) is 10.8. The number of hydrogen-bond acceptors (Lipinski definition) is 3. The first-order valence-corrected chi connectivity index (χ1v) is 6.62. The molecule has 0 aliphatic heterocycles. The van der Waals surface area contributed by atoms with Gasteiger partial charge in [-0.2, -0.15) is 5.26 Å². The third-order valence-electron chi connectivity index (χ3n) is 3.66. The predicted molar refractivity (Wildman–Crippen MR) is 75.2 cm³/mol. The van der Waals surface area contributed by atoms with E-state index in [2.05, 4.69) is 11.4 Å². The summed E-state index contributed by atoms with van der Waals surface area (Å²) >= 11 is 0. The molecule has 100 valence electrons. The van der Waals surface area contributed by atoms with Crippen LogP contribution in [0.25, 0.3) is 10.8 Å². The minimum Gasteiger partial charge on any atom is -0.506 e. The number of carbonyl (C=O) groups is 1. The van der Waals surface area contributed by atoms with Crippen LogP contribution >= 0.6 is 0 Å². The highest BCUT2D eigenvalue weighted by molar-refractivity contribution is 6.03. The van der Waals surface area contributed by atoms with Crippen LogP contribution in [0.15, 0.2) is 36.4 Å². The van der Waals surface area contributed by atoms with Gasteiger partial charge in [0.15, 0.2) is 0 Å². The Morgan fingerprint density at radius 2 is 2.05 bits per heavy atom. The molecular weight excluding hydrogens is 252 g/mol. The van der Waals surface area contributed by atoms with E-state index in [9.17, 15) is 9.90 Å². The molecule has 0 bridgehead atoms. The lowest BCUT2D eigenvalue weighted by Crippen LogP contribution is -2.35. The van der Waals surface area contributed by atoms with Gasteiger partial charge in [0.05, 0.1) is 11.6 Å². The smallest absolute Gasteiger partial charge is 0.256 e. The summed E-state index contributed by atoms with van der Waals surface area (Å²) in [6.07, 6.45) is 1.95. The topological polar surface area (TPSA) is 73.1 Å². The maximum Gasteiger partial charge on any atom is 0.256 e. The van der Waals surface area contributed by atoms with Crippen molar-refractivity contribution in [2.45, 2.75) is 18.9 Å². The molecule has 3 rings (SSSR count). The van der Waals surface area contributed by atoms with Crippen LogP contribution in [0.2, 0.25) is 0 Å². The Labute approximate surface area is 116 Å². The minimum atomic E-state index is -0.464. The van der Waals surface area contributed by atoms with E-state index in [4.69, 9.17) is 5.26 Å². The molecule has 4 heteroatoms. The average Bonchev–Trinajstić information content (AvgIpc) is 3.30. The molecule has 1 fully saturated rings. The molecule has 1 saturated carbocycles. The Balaban J connectivity index is 1.91.